The van der Waals surface area contributed by atoms with E-state index in [0.717, 1.165) is 32.4 Å². The summed E-state index contributed by atoms with van der Waals surface area (Å²) in [5.41, 5.74) is -0.536. The highest BCUT2D eigenvalue weighted by Crippen LogP contribution is 2.20. The Balaban J connectivity index is 2.24. The molecule has 0 amide bonds. The molecular weight excluding hydrogens is 178 g/mol. The average Bonchev–Trinajstić information content (AvgIpc) is 2.30. The summed E-state index contributed by atoms with van der Waals surface area (Å²) >= 11 is 0. The van der Waals surface area contributed by atoms with Gasteiger partial charge >= 0.3 is 0 Å². The maximum Gasteiger partial charge on any atom is 0.0794 e. The topological polar surface area (TPSA) is 41.5 Å². The van der Waals surface area contributed by atoms with Crippen LogP contribution in [-0.2, 0) is 4.74 Å². The van der Waals surface area contributed by atoms with E-state index >= 15 is 0 Å². The first-order chi connectivity index (χ1) is 6.62. The van der Waals surface area contributed by atoms with Gasteiger partial charge in [0, 0.05) is 26.2 Å². The van der Waals surface area contributed by atoms with Crippen LogP contribution in [0.5, 0.6) is 0 Å². The Morgan fingerprint density at radius 1 is 1.36 bits per heavy atom. The van der Waals surface area contributed by atoms with Crippen LogP contribution in [0.2, 0.25) is 0 Å². The molecule has 0 aliphatic carbocycles. The molecule has 1 aliphatic heterocycles. The van der Waals surface area contributed by atoms with E-state index in [1.807, 2.05) is 0 Å². The maximum absolute atomic E-state index is 10.2. The molecule has 1 fully saturated rings. The SMILES string of the molecule is CC(C)CNCC1(O)CCCOCC1. The first-order valence-corrected chi connectivity index (χ1v) is 5.63. The molecule has 1 aliphatic rings. The summed E-state index contributed by atoms with van der Waals surface area (Å²) in [6.07, 6.45) is 2.59. The molecule has 3 nitrogen and oxygen atoms in total. The van der Waals surface area contributed by atoms with E-state index in [2.05, 4.69) is 19.2 Å². The van der Waals surface area contributed by atoms with Crippen molar-refractivity contribution in [2.45, 2.75) is 38.7 Å². The van der Waals surface area contributed by atoms with Gasteiger partial charge in [0.2, 0.25) is 0 Å². The Morgan fingerprint density at radius 3 is 2.86 bits per heavy atom. The van der Waals surface area contributed by atoms with Crippen molar-refractivity contribution in [1.29, 1.82) is 0 Å². The highest BCUT2D eigenvalue weighted by atomic mass is 16.5. The lowest BCUT2D eigenvalue weighted by atomic mass is 9.95. The minimum Gasteiger partial charge on any atom is -0.388 e. The van der Waals surface area contributed by atoms with Gasteiger partial charge in [-0.2, -0.15) is 0 Å². The van der Waals surface area contributed by atoms with Gasteiger partial charge in [-0.1, -0.05) is 13.8 Å². The predicted octanol–water partition coefficient (Wildman–Crippen LogP) is 1.16. The molecule has 84 valence electrons. The van der Waals surface area contributed by atoms with Crippen LogP contribution in [0, 0.1) is 5.92 Å². The molecule has 3 heteroatoms. The summed E-state index contributed by atoms with van der Waals surface area (Å²) in [6.45, 7) is 7.52. The summed E-state index contributed by atoms with van der Waals surface area (Å²) in [4.78, 5) is 0. The third-order valence-corrected chi connectivity index (χ3v) is 2.65. The lowest BCUT2D eigenvalue weighted by Gasteiger charge is -2.26. The van der Waals surface area contributed by atoms with Crippen molar-refractivity contribution in [3.63, 3.8) is 0 Å². The van der Waals surface area contributed by atoms with Gasteiger partial charge in [0.25, 0.3) is 0 Å². The molecule has 1 atom stereocenters. The summed E-state index contributed by atoms with van der Waals surface area (Å²) in [5, 5.41) is 13.5. The normalized spacial score (nSPS) is 29.1. The van der Waals surface area contributed by atoms with Gasteiger partial charge in [0.1, 0.15) is 0 Å². The van der Waals surface area contributed by atoms with Gasteiger partial charge in [0.05, 0.1) is 5.60 Å². The second-order valence-corrected chi connectivity index (χ2v) is 4.72. The lowest BCUT2D eigenvalue weighted by molar-refractivity contribution is 0.0186. The summed E-state index contributed by atoms with van der Waals surface area (Å²) in [6, 6.07) is 0. The molecule has 1 heterocycles. The lowest BCUT2D eigenvalue weighted by Crippen LogP contribution is -2.41. The van der Waals surface area contributed by atoms with E-state index in [0.29, 0.717) is 19.1 Å². The minimum absolute atomic E-state index is 0.536. The van der Waals surface area contributed by atoms with Crippen molar-refractivity contribution < 1.29 is 9.84 Å². The zero-order valence-electron chi connectivity index (χ0n) is 9.38. The molecule has 1 saturated heterocycles. The summed E-state index contributed by atoms with van der Waals surface area (Å²) in [7, 11) is 0. The van der Waals surface area contributed by atoms with Crippen LogP contribution < -0.4 is 5.32 Å². The number of hydrogen-bond donors (Lipinski definition) is 2. The van der Waals surface area contributed by atoms with Gasteiger partial charge in [-0.3, -0.25) is 0 Å². The standard InChI is InChI=1S/C11H23NO2/c1-10(2)8-12-9-11(13)4-3-6-14-7-5-11/h10,12-13H,3-9H2,1-2H3. The quantitative estimate of drug-likeness (QED) is 0.717. The number of nitrogens with one attached hydrogen (secondary N) is 1. The Hall–Kier alpha value is -0.120. The van der Waals surface area contributed by atoms with Crippen LogP contribution in [0.15, 0.2) is 0 Å². The van der Waals surface area contributed by atoms with E-state index in [4.69, 9.17) is 4.74 Å². The van der Waals surface area contributed by atoms with Crippen molar-refractivity contribution in [3.05, 3.63) is 0 Å². The zero-order chi connectivity index (χ0) is 10.4. The zero-order valence-corrected chi connectivity index (χ0v) is 9.38. The number of ether oxygens (including phenoxy) is 1. The molecule has 0 spiro atoms. The molecule has 0 bridgehead atoms. The smallest absolute Gasteiger partial charge is 0.0794 e. The Morgan fingerprint density at radius 2 is 2.14 bits per heavy atom. The van der Waals surface area contributed by atoms with Gasteiger partial charge in [-0.15, -0.1) is 0 Å². The monoisotopic (exact) mass is 201 g/mol. The number of aliphatic hydroxyl groups is 1. The van der Waals surface area contributed by atoms with Gasteiger partial charge in [-0.05, 0) is 25.3 Å². The van der Waals surface area contributed by atoms with E-state index < -0.39 is 5.60 Å². The first-order valence-electron chi connectivity index (χ1n) is 5.63. The molecule has 2 N–H and O–H groups in total. The Labute approximate surface area is 86.8 Å². The molecule has 1 unspecified atom stereocenters. The second-order valence-electron chi connectivity index (χ2n) is 4.72. The molecule has 0 saturated carbocycles. The van der Waals surface area contributed by atoms with E-state index in [1.165, 1.54) is 0 Å². The molecule has 0 aromatic rings. The van der Waals surface area contributed by atoms with E-state index in [1.54, 1.807) is 0 Å². The Bertz CT molecular complexity index is 151. The average molecular weight is 201 g/mol. The van der Waals surface area contributed by atoms with Crippen LogP contribution >= 0.6 is 0 Å². The third-order valence-electron chi connectivity index (χ3n) is 2.65. The van der Waals surface area contributed by atoms with Crippen molar-refractivity contribution in [3.8, 4) is 0 Å². The number of hydrogen-bond acceptors (Lipinski definition) is 3. The van der Waals surface area contributed by atoms with E-state index in [9.17, 15) is 5.11 Å². The fraction of sp³-hybridized carbons (Fsp3) is 1.00. The van der Waals surface area contributed by atoms with Crippen molar-refractivity contribution in [2.75, 3.05) is 26.3 Å². The van der Waals surface area contributed by atoms with Crippen LogP contribution in [0.4, 0.5) is 0 Å². The summed E-state index contributed by atoms with van der Waals surface area (Å²) in [5.74, 6) is 0.639. The minimum atomic E-state index is -0.536. The Kier molecular flexibility index (Phi) is 4.85. The van der Waals surface area contributed by atoms with Crippen LogP contribution in [0.25, 0.3) is 0 Å². The van der Waals surface area contributed by atoms with Crippen LogP contribution in [0.1, 0.15) is 33.1 Å². The van der Waals surface area contributed by atoms with Gasteiger partial charge < -0.3 is 15.2 Å². The molecule has 0 aromatic heterocycles. The highest BCUT2D eigenvalue weighted by molar-refractivity contribution is 4.82. The van der Waals surface area contributed by atoms with Gasteiger partial charge in [0.15, 0.2) is 0 Å². The first kappa shape index (κ1) is 12.0. The van der Waals surface area contributed by atoms with Crippen molar-refractivity contribution in [2.24, 2.45) is 5.92 Å². The molecule has 14 heavy (non-hydrogen) atoms. The predicted molar refractivity (Wildman–Crippen MR) is 57.3 cm³/mol. The van der Waals surface area contributed by atoms with Crippen molar-refractivity contribution in [1.82, 2.24) is 5.32 Å². The largest absolute Gasteiger partial charge is 0.388 e. The van der Waals surface area contributed by atoms with Crippen molar-refractivity contribution >= 4 is 0 Å². The fourth-order valence-electron chi connectivity index (χ4n) is 1.76. The number of rotatable bonds is 4. The maximum atomic E-state index is 10.2. The molecule has 0 aromatic carbocycles. The summed E-state index contributed by atoms with van der Waals surface area (Å²) < 4.78 is 5.33. The second kappa shape index (κ2) is 5.69. The van der Waals surface area contributed by atoms with E-state index in [-0.39, 0.29) is 0 Å². The third kappa shape index (κ3) is 4.40. The molecule has 1 rings (SSSR count). The molecular formula is C11H23NO2. The van der Waals surface area contributed by atoms with Gasteiger partial charge in [-0.25, -0.2) is 0 Å². The fourth-order valence-corrected chi connectivity index (χ4v) is 1.76. The highest BCUT2D eigenvalue weighted by Gasteiger charge is 2.27. The van der Waals surface area contributed by atoms with Crippen LogP contribution in [0.3, 0.4) is 0 Å². The molecule has 0 radical (unpaired) electrons. The van der Waals surface area contributed by atoms with Crippen LogP contribution in [-0.4, -0.2) is 37.0 Å².